The molecule has 1 aliphatic heterocycles. The monoisotopic (exact) mass is 529 g/mol. The van der Waals surface area contributed by atoms with Crippen LogP contribution in [-0.2, 0) is 6.54 Å². The Hall–Kier alpha value is -4.01. The van der Waals surface area contributed by atoms with E-state index in [-0.39, 0.29) is 42.0 Å². The predicted molar refractivity (Wildman–Crippen MR) is 151 cm³/mol. The summed E-state index contributed by atoms with van der Waals surface area (Å²) in [5, 5.41) is 19.2. The second-order valence-corrected chi connectivity index (χ2v) is 10.2. The Morgan fingerprint density at radius 2 is 1.90 bits per heavy atom. The summed E-state index contributed by atoms with van der Waals surface area (Å²) in [4.78, 5) is 33.3. The van der Waals surface area contributed by atoms with Gasteiger partial charge in [-0.15, -0.1) is 0 Å². The van der Waals surface area contributed by atoms with Gasteiger partial charge in [0, 0.05) is 31.7 Å². The van der Waals surface area contributed by atoms with Crippen LogP contribution in [0.4, 0.5) is 0 Å². The molecular weight excluding hydrogens is 494 g/mol. The third kappa shape index (κ3) is 7.10. The van der Waals surface area contributed by atoms with Crippen molar-refractivity contribution < 1.29 is 24.5 Å². The molecule has 2 N–H and O–H groups in total. The first kappa shape index (κ1) is 28.0. The minimum absolute atomic E-state index is 0.0524. The van der Waals surface area contributed by atoms with Crippen molar-refractivity contribution in [2.75, 3.05) is 26.7 Å². The number of rotatable bonds is 9. The van der Waals surface area contributed by atoms with E-state index in [1.54, 1.807) is 35.4 Å². The van der Waals surface area contributed by atoms with Gasteiger partial charge in [0.25, 0.3) is 5.91 Å². The number of amides is 1. The van der Waals surface area contributed by atoms with Crippen LogP contribution in [0.5, 0.6) is 5.88 Å². The summed E-state index contributed by atoms with van der Waals surface area (Å²) in [6.45, 7) is 5.18. The minimum atomic E-state index is -0.958. The van der Waals surface area contributed by atoms with Gasteiger partial charge in [-0.3, -0.25) is 9.69 Å². The smallest absolute Gasteiger partial charge is 0.335 e. The number of aromatic carboxylic acids is 1. The van der Waals surface area contributed by atoms with Crippen molar-refractivity contribution in [2.45, 2.75) is 32.5 Å². The normalized spacial score (nSPS) is 18.4. The van der Waals surface area contributed by atoms with Gasteiger partial charge in [-0.05, 0) is 48.9 Å². The molecule has 0 spiro atoms. The van der Waals surface area contributed by atoms with Crippen molar-refractivity contribution in [2.24, 2.45) is 5.92 Å². The summed E-state index contributed by atoms with van der Waals surface area (Å²) in [5.41, 5.74) is 3.30. The maximum atomic E-state index is 13.6. The number of aliphatic hydroxyl groups excluding tert-OH is 1. The van der Waals surface area contributed by atoms with Gasteiger partial charge in [-0.2, -0.15) is 0 Å². The van der Waals surface area contributed by atoms with Crippen LogP contribution >= 0.6 is 0 Å². The number of carbonyl (C=O) groups is 2. The number of ether oxygens (including phenoxy) is 1. The molecule has 0 unspecified atom stereocenters. The third-order valence-electron chi connectivity index (χ3n) is 6.93. The average molecular weight is 530 g/mol. The van der Waals surface area contributed by atoms with Crippen LogP contribution in [0.1, 0.15) is 51.3 Å². The number of pyridine rings is 1. The standard InChI is InChI=1S/C31H35N3O5/c1-21-17-34(22(2)20-35)30(36)27-15-24(13-12-23-8-5-4-6-9-23)16-32-29(27)39-28(21)19-33(3)18-25-10-7-11-26(14-25)31(37)38/h4-16,21-22,28,35H,17-20H2,1-3H3,(H,37,38)/b13-12+/t21-,22+,28-/m0/s1. The molecule has 0 saturated carbocycles. The third-order valence-corrected chi connectivity index (χ3v) is 6.93. The summed E-state index contributed by atoms with van der Waals surface area (Å²) >= 11 is 0. The summed E-state index contributed by atoms with van der Waals surface area (Å²) in [6.07, 6.45) is 5.27. The number of carbonyl (C=O) groups excluding carboxylic acids is 1. The van der Waals surface area contributed by atoms with Crippen LogP contribution < -0.4 is 4.74 Å². The molecule has 0 saturated heterocycles. The summed E-state index contributed by atoms with van der Waals surface area (Å²) in [6, 6.07) is 18.2. The van der Waals surface area contributed by atoms with Crippen molar-refractivity contribution in [3.05, 3.63) is 94.7 Å². The number of fused-ring (bicyclic) bond motifs is 1. The highest BCUT2D eigenvalue weighted by molar-refractivity contribution is 5.97. The Morgan fingerprint density at radius 3 is 2.62 bits per heavy atom. The van der Waals surface area contributed by atoms with Crippen molar-refractivity contribution in [1.82, 2.24) is 14.8 Å². The van der Waals surface area contributed by atoms with E-state index in [9.17, 15) is 19.8 Å². The van der Waals surface area contributed by atoms with Gasteiger partial charge in [0.15, 0.2) is 0 Å². The fourth-order valence-electron chi connectivity index (χ4n) is 4.67. The Bertz CT molecular complexity index is 1330. The van der Waals surface area contributed by atoms with E-state index >= 15 is 0 Å². The van der Waals surface area contributed by atoms with Crippen LogP contribution in [0.2, 0.25) is 0 Å². The lowest BCUT2D eigenvalue weighted by atomic mass is 9.99. The van der Waals surface area contributed by atoms with Crippen molar-refractivity contribution >= 4 is 24.0 Å². The fraction of sp³-hybridized carbons (Fsp3) is 0.323. The molecule has 0 bridgehead atoms. The maximum Gasteiger partial charge on any atom is 0.335 e. The highest BCUT2D eigenvalue weighted by Crippen LogP contribution is 2.28. The Morgan fingerprint density at radius 1 is 1.15 bits per heavy atom. The first-order valence-electron chi connectivity index (χ1n) is 13.1. The first-order valence-corrected chi connectivity index (χ1v) is 13.1. The van der Waals surface area contributed by atoms with E-state index in [1.165, 1.54) is 0 Å². The number of benzene rings is 2. The van der Waals surface area contributed by atoms with Crippen molar-refractivity contribution in [3.63, 3.8) is 0 Å². The van der Waals surface area contributed by atoms with Crippen LogP contribution in [0.25, 0.3) is 12.2 Å². The largest absolute Gasteiger partial charge is 0.478 e. The molecule has 3 atom stereocenters. The zero-order valence-corrected chi connectivity index (χ0v) is 22.5. The number of carboxylic acid groups (broad SMARTS) is 1. The zero-order chi connectivity index (χ0) is 27.9. The Balaban J connectivity index is 1.60. The van der Waals surface area contributed by atoms with Gasteiger partial charge in [-0.1, -0.05) is 61.5 Å². The molecule has 204 valence electrons. The van der Waals surface area contributed by atoms with E-state index in [1.807, 2.05) is 69.4 Å². The second kappa shape index (κ2) is 12.7. The second-order valence-electron chi connectivity index (χ2n) is 10.2. The number of hydrogen-bond donors (Lipinski definition) is 2. The fourth-order valence-corrected chi connectivity index (χ4v) is 4.67. The van der Waals surface area contributed by atoms with Crippen LogP contribution in [0.15, 0.2) is 66.9 Å². The van der Waals surface area contributed by atoms with E-state index in [4.69, 9.17) is 4.74 Å². The minimum Gasteiger partial charge on any atom is -0.478 e. The van der Waals surface area contributed by atoms with Crippen molar-refractivity contribution in [1.29, 1.82) is 0 Å². The maximum absolute atomic E-state index is 13.6. The highest BCUT2D eigenvalue weighted by Gasteiger charge is 2.34. The van der Waals surface area contributed by atoms with Crippen molar-refractivity contribution in [3.8, 4) is 5.88 Å². The lowest BCUT2D eigenvalue weighted by Crippen LogP contribution is -2.49. The molecule has 8 nitrogen and oxygen atoms in total. The number of carboxylic acids is 1. The molecule has 4 rings (SSSR count). The van der Waals surface area contributed by atoms with E-state index < -0.39 is 5.97 Å². The van der Waals surface area contributed by atoms with Crippen LogP contribution in [0.3, 0.4) is 0 Å². The van der Waals surface area contributed by atoms with Gasteiger partial charge in [-0.25, -0.2) is 9.78 Å². The molecule has 2 aromatic carbocycles. The molecule has 3 aromatic rings. The van der Waals surface area contributed by atoms with Gasteiger partial charge in [0.05, 0.1) is 18.2 Å². The predicted octanol–water partition coefficient (Wildman–Crippen LogP) is 4.30. The molecule has 8 heteroatoms. The van der Waals surface area contributed by atoms with Gasteiger partial charge in [0.2, 0.25) is 5.88 Å². The highest BCUT2D eigenvalue weighted by atomic mass is 16.5. The van der Waals surface area contributed by atoms with Gasteiger partial charge >= 0.3 is 5.97 Å². The molecule has 39 heavy (non-hydrogen) atoms. The van der Waals surface area contributed by atoms with E-state index in [0.29, 0.717) is 25.2 Å². The number of nitrogens with zero attached hydrogens (tertiary/aromatic N) is 3. The molecule has 0 aliphatic carbocycles. The Labute approximate surface area is 229 Å². The van der Waals surface area contributed by atoms with E-state index in [2.05, 4.69) is 9.88 Å². The summed E-state index contributed by atoms with van der Waals surface area (Å²) in [7, 11) is 1.95. The quantitative estimate of drug-likeness (QED) is 0.426. The number of likely N-dealkylation sites (N-methyl/N-ethyl adjacent to an activating group) is 1. The first-order chi connectivity index (χ1) is 18.7. The van der Waals surface area contributed by atoms with Crippen LogP contribution in [0, 0.1) is 5.92 Å². The lowest BCUT2D eigenvalue weighted by Gasteiger charge is -2.37. The molecular formula is C31H35N3O5. The molecule has 1 aromatic heterocycles. The molecule has 0 radical (unpaired) electrons. The molecule has 1 amide bonds. The number of hydrogen-bond acceptors (Lipinski definition) is 6. The molecule has 0 fully saturated rings. The summed E-state index contributed by atoms with van der Waals surface area (Å²) < 4.78 is 6.39. The molecule has 1 aliphatic rings. The number of aliphatic hydroxyl groups is 1. The Kier molecular flexibility index (Phi) is 9.11. The van der Waals surface area contributed by atoms with Gasteiger partial charge in [0.1, 0.15) is 11.7 Å². The van der Waals surface area contributed by atoms with Crippen LogP contribution in [-0.4, -0.2) is 75.8 Å². The van der Waals surface area contributed by atoms with Gasteiger partial charge < -0.3 is 19.8 Å². The summed E-state index contributed by atoms with van der Waals surface area (Å²) in [5.74, 6) is -0.966. The lowest BCUT2D eigenvalue weighted by molar-refractivity contribution is 0.0325. The number of aromatic nitrogens is 1. The SMILES string of the molecule is C[C@H](CO)N1C[C@H](C)[C@H](CN(C)Cc2cccc(C(=O)O)c2)Oc2ncc(/C=C/c3ccccc3)cc2C1=O. The van der Waals surface area contributed by atoms with E-state index in [0.717, 1.165) is 16.7 Å². The zero-order valence-electron chi connectivity index (χ0n) is 22.5. The topological polar surface area (TPSA) is 103 Å². The average Bonchev–Trinajstić information content (AvgIpc) is 2.94. The molecule has 2 heterocycles.